The lowest BCUT2D eigenvalue weighted by Gasteiger charge is -2.41. The first-order valence-corrected chi connectivity index (χ1v) is 18.4. The largest absolute Gasteiger partial charge is 0.444 e. The normalized spacial score (nSPS) is 20.7. The molecule has 3 aromatic rings. The van der Waals surface area contributed by atoms with Gasteiger partial charge in [0.25, 0.3) is 0 Å². The molecule has 3 N–H and O–H groups in total. The molecule has 0 aliphatic carbocycles. The van der Waals surface area contributed by atoms with E-state index < -0.39 is 0 Å². The van der Waals surface area contributed by atoms with Crippen molar-refractivity contribution in [2.75, 3.05) is 36.8 Å². The van der Waals surface area contributed by atoms with Crippen molar-refractivity contribution in [2.24, 2.45) is 5.92 Å². The molecular formula is C34H45N7O4S2. The number of rotatable bonds is 10. The number of hydrogen-bond donors (Lipinski definition) is 3. The van der Waals surface area contributed by atoms with E-state index >= 15 is 0 Å². The van der Waals surface area contributed by atoms with E-state index in [0.29, 0.717) is 35.7 Å². The molecule has 3 amide bonds. The summed E-state index contributed by atoms with van der Waals surface area (Å²) in [5, 5.41) is 9.51. The van der Waals surface area contributed by atoms with Crippen LogP contribution < -0.4 is 16.0 Å². The molecule has 5 heterocycles. The molecule has 2 aromatic heterocycles. The van der Waals surface area contributed by atoms with E-state index in [1.807, 2.05) is 18.2 Å². The smallest absolute Gasteiger partial charge is 0.249 e. The zero-order valence-electron chi connectivity index (χ0n) is 27.4. The average molecular weight is 680 g/mol. The summed E-state index contributed by atoms with van der Waals surface area (Å²) in [4.78, 5) is 50.8. The zero-order valence-corrected chi connectivity index (χ0v) is 29.1. The first kappa shape index (κ1) is 33.6. The van der Waals surface area contributed by atoms with Gasteiger partial charge in [-0.1, -0.05) is 50.3 Å². The van der Waals surface area contributed by atoms with E-state index in [4.69, 9.17) is 4.42 Å². The number of benzene rings is 1. The van der Waals surface area contributed by atoms with Gasteiger partial charge in [-0.3, -0.25) is 24.6 Å². The fourth-order valence-corrected chi connectivity index (χ4v) is 8.20. The molecular weight excluding hydrogens is 635 g/mol. The van der Waals surface area contributed by atoms with Gasteiger partial charge in [0.05, 0.1) is 22.4 Å². The first-order valence-electron chi connectivity index (χ1n) is 16.6. The third kappa shape index (κ3) is 8.81. The Labute approximate surface area is 284 Å². The zero-order chi connectivity index (χ0) is 33.0. The van der Waals surface area contributed by atoms with E-state index in [2.05, 4.69) is 62.6 Å². The fraction of sp³-hybridized carbons (Fsp3) is 0.559. The minimum atomic E-state index is -0.388. The number of piperidine rings is 3. The number of likely N-dealkylation sites (tertiary alicyclic amines) is 2. The third-order valence-corrected chi connectivity index (χ3v) is 11.4. The Hall–Kier alpha value is -3.26. The summed E-state index contributed by atoms with van der Waals surface area (Å²) in [6.45, 7) is 11.0. The number of aromatic nitrogens is 2. The van der Waals surface area contributed by atoms with Crippen molar-refractivity contribution in [1.82, 2.24) is 25.1 Å². The highest BCUT2D eigenvalue weighted by Gasteiger charge is 2.32. The minimum absolute atomic E-state index is 0.00264. The Morgan fingerprint density at radius 1 is 1.04 bits per heavy atom. The van der Waals surface area contributed by atoms with Gasteiger partial charge in [0.2, 0.25) is 23.6 Å². The summed E-state index contributed by atoms with van der Waals surface area (Å²) >= 11 is 3.11. The first-order chi connectivity index (χ1) is 22.6. The summed E-state index contributed by atoms with van der Waals surface area (Å²) in [5.74, 6) is 1.81. The van der Waals surface area contributed by atoms with Gasteiger partial charge in [0, 0.05) is 36.0 Å². The van der Waals surface area contributed by atoms with Crippen LogP contribution in [-0.4, -0.2) is 75.8 Å². The average Bonchev–Trinajstić information content (AvgIpc) is 3.73. The molecule has 47 heavy (non-hydrogen) atoms. The van der Waals surface area contributed by atoms with Crippen molar-refractivity contribution in [1.29, 1.82) is 0 Å². The maximum Gasteiger partial charge on any atom is 0.249 e. The standard InChI is InChI=1S/C34H45N7O4S2/c1-34(2,3)27-18-35-29(45-27)21-46-30-19-36-33(47-30)39-31(43)22-10-16-41(17-11-22)24-12-14-40(15-13-24)20-23-6-4-5-7-25(23)37-26-8-9-28(42)38-32(26)44/h4-7,18-19,22,24,26,37H,8-17,20-21H2,1-3H3,(H,36,39,43)(H,38,42,44). The highest BCUT2D eigenvalue weighted by molar-refractivity contribution is 8.00. The third-order valence-electron chi connectivity index (χ3n) is 9.30. The molecule has 11 nitrogen and oxygen atoms in total. The van der Waals surface area contributed by atoms with Crippen LogP contribution in [0, 0.1) is 5.92 Å². The van der Waals surface area contributed by atoms with Crippen molar-refractivity contribution in [3.63, 3.8) is 0 Å². The Morgan fingerprint density at radius 2 is 1.81 bits per heavy atom. The lowest BCUT2D eigenvalue weighted by molar-refractivity contribution is -0.133. The highest BCUT2D eigenvalue weighted by Crippen LogP contribution is 2.33. The van der Waals surface area contributed by atoms with E-state index in [9.17, 15) is 14.4 Å². The van der Waals surface area contributed by atoms with Gasteiger partial charge in [0.15, 0.2) is 5.13 Å². The Kier molecular flexibility index (Phi) is 10.6. The monoisotopic (exact) mass is 679 g/mol. The Balaban J connectivity index is 0.912. The van der Waals surface area contributed by atoms with Gasteiger partial charge in [-0.05, 0) is 69.9 Å². The van der Waals surface area contributed by atoms with Gasteiger partial charge in [-0.25, -0.2) is 9.97 Å². The number of thiazole rings is 1. The van der Waals surface area contributed by atoms with Gasteiger partial charge in [0.1, 0.15) is 11.8 Å². The molecule has 0 bridgehead atoms. The summed E-state index contributed by atoms with van der Waals surface area (Å²) in [6, 6.07) is 8.29. The topological polar surface area (TPSA) is 133 Å². The predicted octanol–water partition coefficient (Wildman–Crippen LogP) is 5.25. The number of thioether (sulfide) groups is 1. The number of oxazole rings is 1. The summed E-state index contributed by atoms with van der Waals surface area (Å²) in [7, 11) is 0. The molecule has 13 heteroatoms. The Morgan fingerprint density at radius 3 is 2.53 bits per heavy atom. The minimum Gasteiger partial charge on any atom is -0.444 e. The van der Waals surface area contributed by atoms with Gasteiger partial charge < -0.3 is 20.0 Å². The second-order valence-corrected chi connectivity index (χ2v) is 16.1. The second-order valence-electron chi connectivity index (χ2n) is 13.8. The van der Waals surface area contributed by atoms with Crippen LogP contribution in [0.25, 0.3) is 0 Å². The quantitative estimate of drug-likeness (QED) is 0.193. The molecule has 0 saturated carbocycles. The number of carbonyl (C=O) groups excluding carboxylic acids is 3. The molecule has 1 atom stereocenters. The summed E-state index contributed by atoms with van der Waals surface area (Å²) in [6.07, 6.45) is 8.40. The number of anilines is 2. The summed E-state index contributed by atoms with van der Waals surface area (Å²) < 4.78 is 6.91. The van der Waals surface area contributed by atoms with E-state index in [1.54, 1.807) is 24.2 Å². The molecule has 3 aliphatic rings. The lowest BCUT2D eigenvalue weighted by Crippen LogP contribution is -2.48. The molecule has 0 spiro atoms. The number of para-hydroxylation sites is 1. The van der Waals surface area contributed by atoms with E-state index in [-0.39, 0.29) is 35.1 Å². The van der Waals surface area contributed by atoms with Crippen molar-refractivity contribution in [2.45, 2.75) is 93.3 Å². The van der Waals surface area contributed by atoms with Crippen LogP contribution in [0.2, 0.25) is 0 Å². The van der Waals surface area contributed by atoms with Crippen LogP contribution in [0.5, 0.6) is 0 Å². The number of nitrogens with zero attached hydrogens (tertiary/aromatic N) is 4. The van der Waals surface area contributed by atoms with Crippen molar-refractivity contribution < 1.29 is 18.8 Å². The molecule has 3 fully saturated rings. The van der Waals surface area contributed by atoms with E-state index in [1.165, 1.54) is 11.3 Å². The number of imide groups is 1. The lowest BCUT2D eigenvalue weighted by atomic mass is 9.92. The van der Waals surface area contributed by atoms with Gasteiger partial charge in [-0.15, -0.1) is 11.8 Å². The van der Waals surface area contributed by atoms with Crippen molar-refractivity contribution in [3.05, 3.63) is 53.9 Å². The SMILES string of the molecule is CC(C)(C)c1cnc(CSc2cnc(NC(=O)C3CCN(C4CCN(Cc5ccccc5NC5CCC(=O)NC5=O)CC4)CC3)s2)o1. The molecule has 1 aromatic carbocycles. The molecule has 0 radical (unpaired) electrons. The molecule has 3 aliphatic heterocycles. The van der Waals surface area contributed by atoms with Crippen LogP contribution in [-0.2, 0) is 32.1 Å². The van der Waals surface area contributed by atoms with Crippen LogP contribution in [0.15, 0.2) is 45.3 Å². The number of hydrogen-bond acceptors (Lipinski definition) is 11. The maximum absolute atomic E-state index is 13.1. The van der Waals surface area contributed by atoms with Crippen LogP contribution in [0.1, 0.15) is 76.5 Å². The number of amides is 3. The molecule has 252 valence electrons. The molecule has 1 unspecified atom stereocenters. The highest BCUT2D eigenvalue weighted by atomic mass is 32.2. The van der Waals surface area contributed by atoms with Gasteiger partial charge >= 0.3 is 0 Å². The fourth-order valence-electron chi connectivity index (χ4n) is 6.48. The van der Waals surface area contributed by atoms with Crippen LogP contribution in [0.4, 0.5) is 10.8 Å². The second kappa shape index (κ2) is 14.9. The number of carbonyl (C=O) groups is 3. The maximum atomic E-state index is 13.1. The van der Waals surface area contributed by atoms with Gasteiger partial charge in [-0.2, -0.15) is 0 Å². The molecule has 6 rings (SSSR count). The van der Waals surface area contributed by atoms with Crippen LogP contribution >= 0.6 is 23.1 Å². The van der Waals surface area contributed by atoms with Crippen molar-refractivity contribution in [3.8, 4) is 0 Å². The van der Waals surface area contributed by atoms with Crippen molar-refractivity contribution >= 4 is 51.6 Å². The Bertz CT molecular complexity index is 1550. The number of nitrogens with one attached hydrogen (secondary N) is 3. The van der Waals surface area contributed by atoms with E-state index in [0.717, 1.165) is 79.6 Å². The summed E-state index contributed by atoms with van der Waals surface area (Å²) in [5.41, 5.74) is 2.05. The van der Waals surface area contributed by atoms with Crippen LogP contribution in [0.3, 0.4) is 0 Å². The predicted molar refractivity (Wildman–Crippen MR) is 184 cm³/mol. The molecule has 3 saturated heterocycles.